The number of benzene rings is 1. The van der Waals surface area contributed by atoms with Gasteiger partial charge in [-0.2, -0.15) is 0 Å². The van der Waals surface area contributed by atoms with Crippen molar-refractivity contribution in [2.24, 2.45) is 0 Å². The molecule has 2 atom stereocenters. The zero-order chi connectivity index (χ0) is 27.9. The van der Waals surface area contributed by atoms with Gasteiger partial charge in [-0.1, -0.05) is 82.9 Å². The first-order valence-electron chi connectivity index (χ1n) is 14.0. The zero-order valence-electron chi connectivity index (χ0n) is 26.2. The molecule has 0 N–H and O–H groups in total. The molecule has 4 aliphatic rings. The van der Waals surface area contributed by atoms with Gasteiger partial charge in [0, 0.05) is 47.3 Å². The maximum atomic E-state index is 13.3. The Morgan fingerprint density at radius 2 is 1.62 bits per heavy atom. The van der Waals surface area contributed by atoms with Crippen LogP contribution in [0.1, 0.15) is 45.6 Å². The van der Waals surface area contributed by atoms with Crippen molar-refractivity contribution in [3.8, 4) is 0 Å². The summed E-state index contributed by atoms with van der Waals surface area (Å²) in [6.45, 7) is 19.5. The normalized spacial score (nSPS) is 22.9. The quantitative estimate of drug-likeness (QED) is 0.237. The Morgan fingerprint density at radius 3 is 2.15 bits per heavy atom. The fraction of sp³-hybridized carbons (Fsp3) is 0.485. The summed E-state index contributed by atoms with van der Waals surface area (Å²) >= 11 is 0. The topological polar surface area (TPSA) is 38.8 Å². The largest absolute Gasteiger partial charge is 0.497 e. The van der Waals surface area contributed by atoms with E-state index in [-0.39, 0.29) is 46.6 Å². The Hall–Kier alpha value is -1.65. The number of hydrogen-bond donors (Lipinski definition) is 0. The van der Waals surface area contributed by atoms with Gasteiger partial charge in [-0.3, -0.25) is 4.79 Å². The van der Waals surface area contributed by atoms with Gasteiger partial charge >= 0.3 is 0 Å². The van der Waals surface area contributed by atoms with Crippen molar-refractivity contribution in [3.63, 3.8) is 0 Å². The number of para-hydroxylation sites is 1. The van der Waals surface area contributed by atoms with Crippen LogP contribution in [-0.4, -0.2) is 42.1 Å². The van der Waals surface area contributed by atoms with E-state index in [1.165, 1.54) is 16.3 Å². The molecule has 1 saturated heterocycles. The zero-order valence-corrected chi connectivity index (χ0v) is 29.2. The molecular weight excluding hydrogens is 573 g/mol. The van der Waals surface area contributed by atoms with Crippen molar-refractivity contribution >= 4 is 28.0 Å². The van der Waals surface area contributed by atoms with Crippen LogP contribution >= 0.6 is 0 Å². The van der Waals surface area contributed by atoms with Gasteiger partial charge in [-0.15, -0.1) is 0 Å². The first-order chi connectivity index (χ1) is 17.8. The minimum atomic E-state index is -1.89. The van der Waals surface area contributed by atoms with Crippen LogP contribution in [0.4, 0.5) is 5.69 Å². The number of amides is 1. The Labute approximate surface area is 256 Å². The van der Waals surface area contributed by atoms with E-state index in [2.05, 4.69) is 88.7 Å². The van der Waals surface area contributed by atoms with Crippen molar-refractivity contribution in [2.75, 3.05) is 18.6 Å². The summed E-state index contributed by atoms with van der Waals surface area (Å²) in [6, 6.07) is 8.63. The van der Waals surface area contributed by atoms with Gasteiger partial charge in [0.2, 0.25) is 5.91 Å². The van der Waals surface area contributed by atoms with Crippen LogP contribution in [0.25, 0.3) is 0 Å². The molecule has 2 aliphatic carbocycles. The minimum Gasteiger partial charge on any atom is -0.497 e. The summed E-state index contributed by atoms with van der Waals surface area (Å²) in [5, 5.41) is 1.59. The van der Waals surface area contributed by atoms with Crippen molar-refractivity contribution in [3.05, 3.63) is 90.6 Å². The van der Waals surface area contributed by atoms with Crippen LogP contribution < -0.4 is 4.90 Å². The van der Waals surface area contributed by atoms with Crippen LogP contribution in [0.2, 0.25) is 37.8 Å². The van der Waals surface area contributed by atoms with E-state index in [4.69, 9.17) is 9.16 Å². The van der Waals surface area contributed by atoms with Crippen molar-refractivity contribution < 1.29 is 30.7 Å². The number of piperidine rings is 1. The van der Waals surface area contributed by atoms with E-state index < -0.39 is 16.4 Å². The summed E-state index contributed by atoms with van der Waals surface area (Å²) in [4.78, 5) is 15.4. The second-order valence-corrected chi connectivity index (χ2v) is 23.2. The van der Waals surface area contributed by atoms with Crippen molar-refractivity contribution in [1.29, 1.82) is 0 Å². The number of allylic oxidation sites excluding steroid dienone is 5. The second-order valence-electron chi connectivity index (χ2n) is 13.4. The van der Waals surface area contributed by atoms with Crippen molar-refractivity contribution in [1.82, 2.24) is 0 Å². The molecule has 40 heavy (non-hydrogen) atoms. The average Bonchev–Trinajstić information content (AvgIpc) is 3.50. The first kappa shape index (κ1) is 34.6. The Balaban J connectivity index is 0.000000722. The van der Waals surface area contributed by atoms with Crippen LogP contribution in [0.15, 0.2) is 71.2 Å². The van der Waals surface area contributed by atoms with Crippen LogP contribution in [0.3, 0.4) is 0 Å². The number of rotatable bonds is 6. The van der Waals surface area contributed by atoms with E-state index in [9.17, 15) is 4.79 Å². The van der Waals surface area contributed by atoms with Gasteiger partial charge in [0.25, 0.3) is 0 Å². The van der Waals surface area contributed by atoms with E-state index in [1.807, 2.05) is 30.7 Å². The molecule has 4 nitrogen and oxygen atoms in total. The summed E-state index contributed by atoms with van der Waals surface area (Å²) in [5.74, 6) is 1.27. The molecule has 2 radical (unpaired) electrons. The molecule has 0 bridgehead atoms. The fourth-order valence-electron chi connectivity index (χ4n) is 6.32. The number of anilines is 1. The van der Waals surface area contributed by atoms with Gasteiger partial charge in [0.15, 0.2) is 8.32 Å². The monoisotopic (exact) mass is 622 g/mol. The third-order valence-corrected chi connectivity index (χ3v) is 15.6. The predicted octanol–water partition coefficient (Wildman–Crippen LogP) is 8.33. The standard InChI is InChI=1S/C27H41NO3Si2.C5H5.CH3.Co/c1-26(2,3)33(8,9)31-17-16-27-20-12-10-11-13-21(20)28-23(29)15-14-19(24(27)28)18-22(30-4)25(27)32(5,6)7;1-2-4-5-3-1;;/h10-13,18,24H,14-17H2,1-9H3;1-5H;1H3;/q;;-1;/t24-,27-;;;/m0.../s1. The smallest absolute Gasteiger partial charge is 0.227 e. The SMILES string of the molecule is COC1=C([Si](C)(C)C)[C@@]2(CCO[Si](C)(C)C(C)(C)C)c3ccccc3N3C(=O)CCC(=C1)[C@H]32.[CH3-].[CH]1C=CC=C1.[Co]. The Kier molecular flexibility index (Phi) is 11.0. The van der Waals surface area contributed by atoms with Crippen LogP contribution in [-0.2, 0) is 36.2 Å². The Bertz CT molecular complexity index is 1190. The molecule has 0 saturated carbocycles. The van der Waals surface area contributed by atoms with Crippen LogP contribution in [0.5, 0.6) is 0 Å². The summed E-state index contributed by atoms with van der Waals surface area (Å²) < 4.78 is 12.9. The molecular formula is C33H49CoNO3Si2-. The van der Waals surface area contributed by atoms with E-state index in [0.717, 1.165) is 24.3 Å². The maximum Gasteiger partial charge on any atom is 0.227 e. The number of fused-ring (bicyclic) bond motifs is 3. The van der Waals surface area contributed by atoms with Gasteiger partial charge < -0.3 is 21.5 Å². The second kappa shape index (κ2) is 12.7. The minimum absolute atomic E-state index is 0. The molecule has 1 aromatic carbocycles. The first-order valence-corrected chi connectivity index (χ1v) is 20.4. The Morgan fingerprint density at radius 1 is 1.00 bits per heavy atom. The van der Waals surface area contributed by atoms with E-state index >= 15 is 0 Å². The number of methoxy groups -OCH3 is 1. The van der Waals surface area contributed by atoms with Gasteiger partial charge in [-0.05, 0) is 59.4 Å². The molecule has 0 aromatic heterocycles. The fourth-order valence-corrected chi connectivity index (χ4v) is 10.0. The number of carbonyl (C=O) groups is 1. The summed E-state index contributed by atoms with van der Waals surface area (Å²) in [7, 11) is -1.93. The molecule has 1 amide bonds. The molecule has 0 spiro atoms. The molecule has 2 heterocycles. The molecule has 222 valence electrons. The molecule has 5 rings (SSSR count). The van der Waals surface area contributed by atoms with Crippen LogP contribution in [0, 0.1) is 13.8 Å². The number of nitrogens with zero attached hydrogens (tertiary/aromatic N) is 1. The summed E-state index contributed by atoms with van der Waals surface area (Å²) in [5.41, 5.74) is 3.41. The molecule has 1 aromatic rings. The molecule has 1 fully saturated rings. The molecule has 2 aliphatic heterocycles. The van der Waals surface area contributed by atoms with E-state index in [0.29, 0.717) is 13.0 Å². The van der Waals surface area contributed by atoms with E-state index in [1.54, 1.807) is 7.11 Å². The summed E-state index contributed by atoms with van der Waals surface area (Å²) in [6.07, 6.45) is 14.5. The molecule has 7 heteroatoms. The molecule has 0 unspecified atom stereocenters. The van der Waals surface area contributed by atoms with Gasteiger partial charge in [-0.25, -0.2) is 0 Å². The number of ether oxygens (including phenoxy) is 1. The number of carbonyl (C=O) groups excluding carboxylic acids is 1. The maximum absolute atomic E-state index is 13.3. The number of hydrogen-bond acceptors (Lipinski definition) is 3. The predicted molar refractivity (Wildman–Crippen MR) is 171 cm³/mol. The third-order valence-electron chi connectivity index (χ3n) is 8.92. The van der Waals surface area contributed by atoms with Crippen molar-refractivity contribution in [2.45, 2.75) is 89.3 Å². The average molecular weight is 623 g/mol. The third kappa shape index (κ3) is 6.09. The van der Waals surface area contributed by atoms with Gasteiger partial charge in [0.05, 0.1) is 21.2 Å². The van der Waals surface area contributed by atoms with Gasteiger partial charge in [0.1, 0.15) is 5.76 Å².